The summed E-state index contributed by atoms with van der Waals surface area (Å²) < 4.78 is 10.4. The fourth-order valence-electron chi connectivity index (χ4n) is 2.23. The van der Waals surface area contributed by atoms with Crippen LogP contribution in [0.5, 0.6) is 11.5 Å². The van der Waals surface area contributed by atoms with Crippen LogP contribution in [0.1, 0.15) is 18.5 Å². The largest absolute Gasteiger partial charge is 0.493 e. The first-order valence-electron chi connectivity index (χ1n) is 7.64. The first-order valence-corrected chi connectivity index (χ1v) is 8.40. The van der Waals surface area contributed by atoms with Gasteiger partial charge >= 0.3 is 11.8 Å². The quantitative estimate of drug-likeness (QED) is 0.752. The fourth-order valence-corrected chi connectivity index (χ4v) is 2.53. The number of hydrogen-bond donors (Lipinski definition) is 2. The number of anilines is 1. The molecule has 2 aromatic rings. The van der Waals surface area contributed by atoms with Crippen molar-refractivity contribution in [2.24, 2.45) is 0 Å². The van der Waals surface area contributed by atoms with E-state index < -0.39 is 17.9 Å². The number of benzene rings is 2. The monoisotopic (exact) mass is 396 g/mol. The molecule has 8 heteroatoms. The molecule has 0 aliphatic carbocycles. The van der Waals surface area contributed by atoms with E-state index in [0.717, 1.165) is 5.56 Å². The van der Waals surface area contributed by atoms with Crippen molar-refractivity contribution < 1.29 is 19.1 Å². The van der Waals surface area contributed by atoms with E-state index in [0.29, 0.717) is 22.2 Å². The second-order valence-corrected chi connectivity index (χ2v) is 6.21. The van der Waals surface area contributed by atoms with Gasteiger partial charge in [0.15, 0.2) is 11.5 Å². The number of amides is 2. The number of halogens is 2. The maximum absolute atomic E-state index is 12.1. The number of methoxy groups -OCH3 is 2. The van der Waals surface area contributed by atoms with Crippen LogP contribution in [0.15, 0.2) is 36.4 Å². The molecule has 0 saturated carbocycles. The molecule has 6 nitrogen and oxygen atoms in total. The molecule has 2 amide bonds. The molecule has 0 aromatic heterocycles. The normalized spacial score (nSPS) is 11.4. The molecule has 2 rings (SSSR count). The molecule has 138 valence electrons. The van der Waals surface area contributed by atoms with Gasteiger partial charge in [0.05, 0.1) is 30.3 Å². The van der Waals surface area contributed by atoms with E-state index in [1.807, 2.05) is 0 Å². The third kappa shape index (κ3) is 4.80. The van der Waals surface area contributed by atoms with Crippen LogP contribution in [0.2, 0.25) is 10.0 Å². The van der Waals surface area contributed by atoms with Crippen LogP contribution in [-0.4, -0.2) is 26.0 Å². The third-order valence-electron chi connectivity index (χ3n) is 3.64. The zero-order valence-electron chi connectivity index (χ0n) is 14.4. The van der Waals surface area contributed by atoms with Crippen molar-refractivity contribution in [1.29, 1.82) is 0 Å². The van der Waals surface area contributed by atoms with Gasteiger partial charge in [0.2, 0.25) is 0 Å². The average molecular weight is 397 g/mol. The Morgan fingerprint density at radius 1 is 0.923 bits per heavy atom. The summed E-state index contributed by atoms with van der Waals surface area (Å²) in [6.45, 7) is 1.76. The summed E-state index contributed by atoms with van der Waals surface area (Å²) in [6.07, 6.45) is 0. The van der Waals surface area contributed by atoms with Gasteiger partial charge in [-0.15, -0.1) is 0 Å². The Labute approximate surface area is 161 Å². The first-order chi connectivity index (χ1) is 12.3. The van der Waals surface area contributed by atoms with Crippen LogP contribution in [0.3, 0.4) is 0 Å². The van der Waals surface area contributed by atoms with Gasteiger partial charge in [0, 0.05) is 5.69 Å². The van der Waals surface area contributed by atoms with Crippen molar-refractivity contribution in [2.45, 2.75) is 13.0 Å². The van der Waals surface area contributed by atoms with E-state index in [-0.39, 0.29) is 5.02 Å². The van der Waals surface area contributed by atoms with Crippen LogP contribution in [0.4, 0.5) is 5.69 Å². The Balaban J connectivity index is 2.03. The van der Waals surface area contributed by atoms with Crippen LogP contribution >= 0.6 is 23.2 Å². The van der Waals surface area contributed by atoms with Crippen molar-refractivity contribution in [1.82, 2.24) is 5.32 Å². The smallest absolute Gasteiger partial charge is 0.313 e. The van der Waals surface area contributed by atoms with Crippen molar-refractivity contribution in [3.63, 3.8) is 0 Å². The summed E-state index contributed by atoms with van der Waals surface area (Å²) in [5.74, 6) is -0.479. The summed E-state index contributed by atoms with van der Waals surface area (Å²) in [5, 5.41) is 5.73. The summed E-state index contributed by atoms with van der Waals surface area (Å²) in [6, 6.07) is 9.38. The molecule has 0 fully saturated rings. The van der Waals surface area contributed by atoms with E-state index in [1.165, 1.54) is 26.4 Å². The van der Waals surface area contributed by atoms with Crippen LogP contribution < -0.4 is 20.1 Å². The predicted octanol–water partition coefficient (Wildman–Crippen LogP) is 3.83. The number of carbonyl (C=O) groups is 2. The highest BCUT2D eigenvalue weighted by Gasteiger charge is 2.18. The van der Waals surface area contributed by atoms with Gasteiger partial charge < -0.3 is 20.1 Å². The van der Waals surface area contributed by atoms with Crippen molar-refractivity contribution in [2.75, 3.05) is 19.5 Å². The lowest BCUT2D eigenvalue weighted by atomic mass is 10.1. The van der Waals surface area contributed by atoms with Crippen molar-refractivity contribution in [3.05, 3.63) is 52.0 Å². The minimum atomic E-state index is -0.810. The molecule has 0 heterocycles. The summed E-state index contributed by atoms with van der Waals surface area (Å²) in [7, 11) is 3.06. The van der Waals surface area contributed by atoms with Gasteiger partial charge in [-0.2, -0.15) is 0 Å². The Hall–Kier alpha value is -2.44. The molecule has 0 spiro atoms. The molecule has 0 bridgehead atoms. The van der Waals surface area contributed by atoms with Gasteiger partial charge in [-0.25, -0.2) is 0 Å². The highest BCUT2D eigenvalue weighted by atomic mass is 35.5. The van der Waals surface area contributed by atoms with Crippen LogP contribution in [0, 0.1) is 0 Å². The van der Waals surface area contributed by atoms with Crippen LogP contribution in [-0.2, 0) is 9.59 Å². The topological polar surface area (TPSA) is 76.7 Å². The van der Waals surface area contributed by atoms with E-state index >= 15 is 0 Å². The first kappa shape index (κ1) is 19.9. The molecular weight excluding hydrogens is 379 g/mol. The van der Waals surface area contributed by atoms with E-state index in [2.05, 4.69) is 10.6 Å². The molecule has 2 aromatic carbocycles. The van der Waals surface area contributed by atoms with Gasteiger partial charge in [-0.3, -0.25) is 9.59 Å². The minimum Gasteiger partial charge on any atom is -0.493 e. The lowest BCUT2D eigenvalue weighted by Gasteiger charge is -2.16. The number of carbonyl (C=O) groups excluding carboxylic acids is 2. The summed E-state index contributed by atoms with van der Waals surface area (Å²) >= 11 is 11.7. The molecule has 2 N–H and O–H groups in total. The lowest BCUT2D eigenvalue weighted by molar-refractivity contribution is -0.136. The fraction of sp³-hybridized carbons (Fsp3) is 0.222. The highest BCUT2D eigenvalue weighted by molar-refractivity contribution is 6.43. The Bertz CT molecular complexity index is 827. The van der Waals surface area contributed by atoms with Gasteiger partial charge in [-0.1, -0.05) is 29.3 Å². The summed E-state index contributed by atoms with van der Waals surface area (Å²) in [4.78, 5) is 24.2. The van der Waals surface area contributed by atoms with Gasteiger partial charge in [0.25, 0.3) is 0 Å². The Morgan fingerprint density at radius 2 is 1.62 bits per heavy atom. The predicted molar refractivity (Wildman–Crippen MR) is 101 cm³/mol. The summed E-state index contributed by atoms with van der Waals surface area (Å²) in [5.41, 5.74) is 1.14. The van der Waals surface area contributed by atoms with E-state index in [4.69, 9.17) is 32.7 Å². The average Bonchev–Trinajstić information content (AvgIpc) is 2.63. The third-order valence-corrected chi connectivity index (χ3v) is 4.38. The number of rotatable bonds is 5. The highest BCUT2D eigenvalue weighted by Crippen LogP contribution is 2.30. The number of hydrogen-bond acceptors (Lipinski definition) is 4. The second kappa shape index (κ2) is 8.78. The van der Waals surface area contributed by atoms with Crippen LogP contribution in [0.25, 0.3) is 0 Å². The number of nitrogens with one attached hydrogen (secondary N) is 2. The van der Waals surface area contributed by atoms with Gasteiger partial charge in [-0.05, 0) is 42.8 Å². The zero-order valence-corrected chi connectivity index (χ0v) is 15.9. The van der Waals surface area contributed by atoms with Crippen molar-refractivity contribution in [3.8, 4) is 11.5 Å². The zero-order chi connectivity index (χ0) is 19.3. The molecule has 26 heavy (non-hydrogen) atoms. The number of ether oxygens (including phenoxy) is 2. The maximum Gasteiger partial charge on any atom is 0.313 e. The molecule has 1 unspecified atom stereocenters. The lowest BCUT2D eigenvalue weighted by Crippen LogP contribution is -2.36. The Kier molecular flexibility index (Phi) is 6.71. The second-order valence-electron chi connectivity index (χ2n) is 5.39. The van der Waals surface area contributed by atoms with E-state index in [9.17, 15) is 9.59 Å². The minimum absolute atomic E-state index is 0.281. The molecule has 1 atom stereocenters. The van der Waals surface area contributed by atoms with E-state index in [1.54, 1.807) is 31.2 Å². The van der Waals surface area contributed by atoms with Crippen molar-refractivity contribution >= 4 is 40.7 Å². The van der Waals surface area contributed by atoms with Gasteiger partial charge in [0.1, 0.15) is 0 Å². The maximum atomic E-state index is 12.1. The standard InChI is InChI=1S/C18H18Cl2N2O4/c1-10(11-4-7-15(25-2)16(8-11)26-3)21-17(23)18(24)22-12-5-6-13(19)14(20)9-12/h4-10H,1-3H3,(H,21,23)(H,22,24). The molecular formula is C18H18Cl2N2O4. The SMILES string of the molecule is COc1ccc(C(C)NC(=O)C(=O)Nc2ccc(Cl)c(Cl)c2)cc1OC. The molecule has 0 aliphatic heterocycles. The molecule has 0 saturated heterocycles. The molecule has 0 radical (unpaired) electrons. The molecule has 0 aliphatic rings. The Morgan fingerprint density at radius 3 is 2.23 bits per heavy atom.